The highest BCUT2D eigenvalue weighted by Crippen LogP contribution is 2.13. The van der Waals surface area contributed by atoms with Crippen LogP contribution < -0.4 is 15.8 Å². The van der Waals surface area contributed by atoms with Crippen molar-refractivity contribution in [1.29, 1.82) is 0 Å². The minimum absolute atomic E-state index is 0.0108. The molecular weight excluding hydrogens is 392 g/mol. The Morgan fingerprint density at radius 3 is 2.22 bits per heavy atom. The molecule has 0 spiro atoms. The van der Waals surface area contributed by atoms with Crippen LogP contribution >= 0.6 is 12.2 Å². The van der Waals surface area contributed by atoms with Gasteiger partial charge in [0.15, 0.2) is 5.11 Å². The molecule has 0 aliphatic heterocycles. The van der Waals surface area contributed by atoms with Gasteiger partial charge in [-0.15, -0.1) is 0 Å². The maximum Gasteiger partial charge on any atom is 0.269 e. The summed E-state index contributed by atoms with van der Waals surface area (Å²) in [5.74, 6) is -0.507. The van der Waals surface area contributed by atoms with Gasteiger partial charge in [0.1, 0.15) is 0 Å². The standard InChI is InChI=1S/C16H14N4O5S2/c17-27(24,25)14-8-4-12(5-9-14)18-16(26)19-15(21)10-3-11-1-6-13(7-2-11)20(22)23/h1-10H,(H2,17,24,25)(H2,18,19,21,26)/b10-3+. The molecule has 4 N–H and O–H groups in total. The average molecular weight is 406 g/mol. The Hall–Kier alpha value is -3.15. The number of hydrogen-bond acceptors (Lipinski definition) is 6. The zero-order valence-corrected chi connectivity index (χ0v) is 15.3. The topological polar surface area (TPSA) is 144 Å². The van der Waals surface area contributed by atoms with Crippen LogP contribution in [-0.2, 0) is 14.8 Å². The van der Waals surface area contributed by atoms with Crippen molar-refractivity contribution in [3.05, 3.63) is 70.3 Å². The van der Waals surface area contributed by atoms with Gasteiger partial charge < -0.3 is 5.32 Å². The minimum Gasteiger partial charge on any atom is -0.332 e. The third kappa shape index (κ3) is 6.26. The Bertz CT molecular complexity index is 1000. The highest BCUT2D eigenvalue weighted by atomic mass is 32.2. The summed E-state index contributed by atoms with van der Waals surface area (Å²) in [5.41, 5.74) is 1.02. The second kappa shape index (κ2) is 8.49. The Kier molecular flexibility index (Phi) is 6.34. The second-order valence-electron chi connectivity index (χ2n) is 5.19. The smallest absolute Gasteiger partial charge is 0.269 e. The van der Waals surface area contributed by atoms with Crippen LogP contribution in [0.4, 0.5) is 11.4 Å². The number of primary sulfonamides is 1. The first-order chi connectivity index (χ1) is 12.6. The molecule has 0 aliphatic rings. The molecule has 140 valence electrons. The molecule has 0 aromatic heterocycles. The minimum atomic E-state index is -3.79. The molecule has 11 heteroatoms. The molecule has 2 aromatic carbocycles. The van der Waals surface area contributed by atoms with Gasteiger partial charge in [0.2, 0.25) is 15.9 Å². The van der Waals surface area contributed by atoms with Crippen LogP contribution in [0.3, 0.4) is 0 Å². The summed E-state index contributed by atoms with van der Waals surface area (Å²) < 4.78 is 22.4. The monoisotopic (exact) mass is 406 g/mol. The number of nitrogens with zero attached hydrogens (tertiary/aromatic N) is 1. The van der Waals surface area contributed by atoms with Crippen molar-refractivity contribution in [2.45, 2.75) is 4.90 Å². The number of carbonyl (C=O) groups is 1. The molecule has 0 unspecified atom stereocenters. The molecule has 9 nitrogen and oxygen atoms in total. The van der Waals surface area contributed by atoms with Gasteiger partial charge in [0, 0.05) is 23.9 Å². The lowest BCUT2D eigenvalue weighted by atomic mass is 10.2. The predicted octanol–water partition coefficient (Wildman–Crippen LogP) is 1.77. The van der Waals surface area contributed by atoms with Crippen LogP contribution in [0.15, 0.2) is 59.5 Å². The highest BCUT2D eigenvalue weighted by molar-refractivity contribution is 7.89. The van der Waals surface area contributed by atoms with Gasteiger partial charge >= 0.3 is 0 Å². The number of nitro groups is 1. The summed E-state index contributed by atoms with van der Waals surface area (Å²) in [5, 5.41) is 20.7. The van der Waals surface area contributed by atoms with Crippen molar-refractivity contribution in [3.8, 4) is 0 Å². The van der Waals surface area contributed by atoms with E-state index >= 15 is 0 Å². The first-order valence-electron chi connectivity index (χ1n) is 7.32. The third-order valence-corrected chi connectivity index (χ3v) is 4.34. The normalized spacial score (nSPS) is 11.1. The maximum absolute atomic E-state index is 11.8. The van der Waals surface area contributed by atoms with Crippen LogP contribution in [0, 0.1) is 10.1 Å². The lowest BCUT2D eigenvalue weighted by Gasteiger charge is -2.08. The number of nitrogens with two attached hydrogens (primary N) is 1. The molecule has 0 aliphatic carbocycles. The van der Waals surface area contributed by atoms with Crippen molar-refractivity contribution in [1.82, 2.24) is 5.32 Å². The molecule has 0 atom stereocenters. The van der Waals surface area contributed by atoms with Gasteiger partial charge in [-0.25, -0.2) is 13.6 Å². The first kappa shape index (κ1) is 20.2. The van der Waals surface area contributed by atoms with Gasteiger partial charge in [0.25, 0.3) is 5.69 Å². The van der Waals surface area contributed by atoms with Gasteiger partial charge in [-0.2, -0.15) is 0 Å². The van der Waals surface area contributed by atoms with E-state index in [0.717, 1.165) is 0 Å². The van der Waals surface area contributed by atoms with E-state index in [9.17, 15) is 23.3 Å². The fourth-order valence-electron chi connectivity index (χ4n) is 1.92. The van der Waals surface area contributed by atoms with E-state index in [1.54, 1.807) is 0 Å². The number of non-ortho nitro benzene ring substituents is 1. The average Bonchev–Trinajstić information content (AvgIpc) is 2.60. The molecule has 2 aromatic rings. The SMILES string of the molecule is NS(=O)(=O)c1ccc(NC(=S)NC(=O)/C=C/c2ccc([N+](=O)[O-])cc2)cc1. The lowest BCUT2D eigenvalue weighted by Crippen LogP contribution is -2.32. The van der Waals surface area contributed by atoms with Gasteiger partial charge in [-0.1, -0.05) is 0 Å². The fourth-order valence-corrected chi connectivity index (χ4v) is 2.66. The van der Waals surface area contributed by atoms with Crippen LogP contribution in [0.1, 0.15) is 5.56 Å². The molecule has 2 rings (SSSR count). The summed E-state index contributed by atoms with van der Waals surface area (Å²) in [7, 11) is -3.79. The zero-order valence-electron chi connectivity index (χ0n) is 13.7. The Morgan fingerprint density at radius 1 is 1.11 bits per heavy atom. The quantitative estimate of drug-likeness (QED) is 0.297. The Balaban J connectivity index is 1.91. The molecule has 0 radical (unpaired) electrons. The molecule has 1 amide bonds. The van der Waals surface area contributed by atoms with Crippen LogP contribution in [0.2, 0.25) is 0 Å². The summed E-state index contributed by atoms with van der Waals surface area (Å²) in [6, 6.07) is 11.2. The van der Waals surface area contributed by atoms with Crippen molar-refractivity contribution >= 4 is 50.7 Å². The molecule has 27 heavy (non-hydrogen) atoms. The number of benzene rings is 2. The molecule has 0 saturated heterocycles. The largest absolute Gasteiger partial charge is 0.332 e. The van der Waals surface area contributed by atoms with E-state index in [4.69, 9.17) is 17.4 Å². The molecule has 0 bridgehead atoms. The highest BCUT2D eigenvalue weighted by Gasteiger charge is 2.08. The summed E-state index contributed by atoms with van der Waals surface area (Å²) >= 11 is 5.00. The summed E-state index contributed by atoms with van der Waals surface area (Å²) in [4.78, 5) is 21.9. The third-order valence-electron chi connectivity index (χ3n) is 3.21. The molecule has 0 saturated carbocycles. The van der Waals surface area contributed by atoms with E-state index in [-0.39, 0.29) is 15.7 Å². The van der Waals surface area contributed by atoms with Crippen molar-refractivity contribution in [2.75, 3.05) is 5.32 Å². The first-order valence-corrected chi connectivity index (χ1v) is 9.28. The van der Waals surface area contributed by atoms with Crippen LogP contribution in [0.25, 0.3) is 6.08 Å². The number of carbonyl (C=O) groups excluding carboxylic acids is 1. The fraction of sp³-hybridized carbons (Fsp3) is 0. The van der Waals surface area contributed by atoms with E-state index in [1.165, 1.54) is 60.7 Å². The van der Waals surface area contributed by atoms with Crippen molar-refractivity contribution in [3.63, 3.8) is 0 Å². The lowest BCUT2D eigenvalue weighted by molar-refractivity contribution is -0.384. The summed E-state index contributed by atoms with van der Waals surface area (Å²) in [6.45, 7) is 0. The number of nitrogens with one attached hydrogen (secondary N) is 2. The van der Waals surface area contributed by atoms with E-state index in [1.807, 2.05) is 0 Å². The number of thiocarbonyl (C=S) groups is 1. The van der Waals surface area contributed by atoms with Gasteiger partial charge in [-0.05, 0) is 60.3 Å². The number of anilines is 1. The number of amides is 1. The van der Waals surface area contributed by atoms with Crippen LogP contribution in [0.5, 0.6) is 0 Å². The summed E-state index contributed by atoms with van der Waals surface area (Å²) in [6.07, 6.45) is 2.70. The number of hydrogen-bond donors (Lipinski definition) is 3. The molecular formula is C16H14N4O5S2. The number of rotatable bonds is 5. The Morgan fingerprint density at radius 2 is 1.70 bits per heavy atom. The van der Waals surface area contributed by atoms with E-state index in [0.29, 0.717) is 11.3 Å². The zero-order chi connectivity index (χ0) is 20.0. The van der Waals surface area contributed by atoms with Crippen molar-refractivity contribution < 1.29 is 18.1 Å². The predicted molar refractivity (Wildman–Crippen MR) is 104 cm³/mol. The van der Waals surface area contributed by atoms with E-state index < -0.39 is 20.9 Å². The molecule has 0 fully saturated rings. The van der Waals surface area contributed by atoms with Crippen LogP contribution in [-0.4, -0.2) is 24.4 Å². The maximum atomic E-state index is 11.8. The second-order valence-corrected chi connectivity index (χ2v) is 7.16. The number of sulfonamides is 1. The van der Waals surface area contributed by atoms with Crippen molar-refractivity contribution in [2.24, 2.45) is 5.14 Å². The molecule has 0 heterocycles. The van der Waals surface area contributed by atoms with Gasteiger partial charge in [-0.3, -0.25) is 20.2 Å². The van der Waals surface area contributed by atoms with Gasteiger partial charge in [0.05, 0.1) is 9.82 Å². The number of nitro benzene ring substituents is 1. The Labute approximate surface area is 160 Å². The van der Waals surface area contributed by atoms with E-state index in [2.05, 4.69) is 10.6 Å².